The highest BCUT2D eigenvalue weighted by molar-refractivity contribution is 5.85. The van der Waals surface area contributed by atoms with E-state index in [2.05, 4.69) is 54.6 Å². The number of fused-ring (bicyclic) bond motifs is 1. The first-order valence-electron chi connectivity index (χ1n) is 10.2. The third-order valence-corrected chi connectivity index (χ3v) is 5.98. The zero-order chi connectivity index (χ0) is 21.1. The largest absolute Gasteiger partial charge is 0.330 e. The maximum atomic E-state index is 11.2. The van der Waals surface area contributed by atoms with Gasteiger partial charge in [0.25, 0.3) is 0 Å². The van der Waals surface area contributed by atoms with Crippen molar-refractivity contribution in [1.82, 2.24) is 14.8 Å². The van der Waals surface area contributed by atoms with Crippen LogP contribution in [0.4, 0.5) is 5.82 Å². The highest BCUT2D eigenvalue weighted by Gasteiger charge is 2.18. The van der Waals surface area contributed by atoms with Crippen molar-refractivity contribution < 1.29 is 4.79 Å². The van der Waals surface area contributed by atoms with Crippen LogP contribution in [0.3, 0.4) is 0 Å². The number of hydrogen-bond acceptors (Lipinski definition) is 5. The molecule has 3 rings (SSSR count). The number of aromatic nitrogens is 1. The van der Waals surface area contributed by atoms with Crippen molar-refractivity contribution in [3.05, 3.63) is 58.8 Å². The summed E-state index contributed by atoms with van der Waals surface area (Å²) in [5.74, 6) is 0.857. The molecule has 2 heterocycles. The molecular formula is C24H32N4O. The van der Waals surface area contributed by atoms with Gasteiger partial charge in [0.2, 0.25) is 0 Å². The molecule has 1 aromatic carbocycles. The van der Waals surface area contributed by atoms with E-state index in [1.54, 1.807) is 0 Å². The number of allylic oxidation sites excluding steroid dienone is 2. The molecule has 0 N–H and O–H groups in total. The molecule has 0 saturated carbocycles. The van der Waals surface area contributed by atoms with Crippen LogP contribution in [0.25, 0.3) is 10.9 Å². The van der Waals surface area contributed by atoms with Gasteiger partial charge >= 0.3 is 0 Å². The van der Waals surface area contributed by atoms with Crippen LogP contribution in [0.15, 0.2) is 47.7 Å². The molecule has 0 bridgehead atoms. The van der Waals surface area contributed by atoms with Crippen molar-refractivity contribution in [1.29, 1.82) is 0 Å². The van der Waals surface area contributed by atoms with Gasteiger partial charge in [0, 0.05) is 50.9 Å². The number of carbonyl (C=O) groups excluding carboxylic acids is 1. The molecule has 5 nitrogen and oxygen atoms in total. The molecule has 1 aromatic heterocycles. The minimum absolute atomic E-state index is 0.691. The monoisotopic (exact) mass is 392 g/mol. The molecular weight excluding hydrogens is 360 g/mol. The molecule has 0 spiro atoms. The first-order chi connectivity index (χ1) is 13.8. The van der Waals surface area contributed by atoms with E-state index in [9.17, 15) is 4.79 Å². The van der Waals surface area contributed by atoms with Crippen LogP contribution in [-0.2, 0) is 11.3 Å². The van der Waals surface area contributed by atoms with Gasteiger partial charge in [0.1, 0.15) is 12.1 Å². The summed E-state index contributed by atoms with van der Waals surface area (Å²) >= 11 is 0. The van der Waals surface area contributed by atoms with E-state index < -0.39 is 0 Å². The van der Waals surface area contributed by atoms with Gasteiger partial charge in [-0.3, -0.25) is 9.69 Å². The van der Waals surface area contributed by atoms with Gasteiger partial charge in [0.15, 0.2) is 0 Å². The summed E-state index contributed by atoms with van der Waals surface area (Å²) in [5.41, 5.74) is 5.84. The van der Waals surface area contributed by atoms with E-state index in [1.165, 1.54) is 16.5 Å². The normalized spacial score (nSPS) is 16.6. The lowest BCUT2D eigenvalue weighted by Gasteiger charge is -2.33. The number of aryl methyl sites for hydroxylation is 1. The van der Waals surface area contributed by atoms with Crippen LogP contribution in [-0.4, -0.2) is 61.3 Å². The van der Waals surface area contributed by atoms with Crippen molar-refractivity contribution in [2.45, 2.75) is 27.3 Å². The summed E-state index contributed by atoms with van der Waals surface area (Å²) in [6.07, 6.45) is 0.879. The van der Waals surface area contributed by atoms with E-state index in [4.69, 9.17) is 4.98 Å². The molecule has 1 fully saturated rings. The summed E-state index contributed by atoms with van der Waals surface area (Å²) in [6.45, 7) is 15.3. The molecule has 1 aliphatic rings. The average Bonchev–Trinajstić information content (AvgIpc) is 2.72. The summed E-state index contributed by atoms with van der Waals surface area (Å²) in [6, 6.07) is 8.65. The summed E-state index contributed by atoms with van der Waals surface area (Å²) < 4.78 is 0. The Morgan fingerprint density at radius 1 is 1.21 bits per heavy atom. The molecule has 0 atom stereocenters. The number of piperazine rings is 1. The smallest absolute Gasteiger partial charge is 0.146 e. The number of nitrogens with zero attached hydrogens (tertiary/aromatic N) is 4. The van der Waals surface area contributed by atoms with E-state index >= 15 is 0 Å². The van der Waals surface area contributed by atoms with Crippen molar-refractivity contribution in [3.63, 3.8) is 0 Å². The Morgan fingerprint density at radius 3 is 2.55 bits per heavy atom. The Labute approximate surface area is 174 Å². The highest BCUT2D eigenvalue weighted by atomic mass is 16.1. The number of aldehydes is 1. The average molecular weight is 393 g/mol. The fourth-order valence-corrected chi connectivity index (χ4v) is 3.65. The zero-order valence-electron chi connectivity index (χ0n) is 18.3. The number of rotatable bonds is 6. The fourth-order valence-electron chi connectivity index (χ4n) is 3.65. The van der Waals surface area contributed by atoms with Crippen LogP contribution in [0.1, 0.15) is 25.0 Å². The van der Waals surface area contributed by atoms with Gasteiger partial charge in [-0.15, -0.1) is 0 Å². The lowest BCUT2D eigenvalue weighted by molar-refractivity contribution is -0.104. The van der Waals surface area contributed by atoms with Crippen LogP contribution in [0, 0.1) is 6.92 Å². The second kappa shape index (κ2) is 8.89. The molecule has 0 aliphatic carbocycles. The van der Waals surface area contributed by atoms with E-state index in [1.807, 2.05) is 25.8 Å². The third kappa shape index (κ3) is 4.74. The molecule has 5 heteroatoms. The highest BCUT2D eigenvalue weighted by Crippen LogP contribution is 2.28. The van der Waals surface area contributed by atoms with E-state index in [-0.39, 0.29) is 0 Å². The molecule has 154 valence electrons. The molecule has 2 aromatic rings. The van der Waals surface area contributed by atoms with Crippen LogP contribution >= 0.6 is 0 Å². The maximum absolute atomic E-state index is 11.2. The Hall–Kier alpha value is -2.50. The molecule has 0 unspecified atom stereocenters. The Balaban J connectivity index is 1.99. The zero-order valence-corrected chi connectivity index (χ0v) is 18.3. The quantitative estimate of drug-likeness (QED) is 0.425. The number of hydrogen-bond donors (Lipinski definition) is 0. The number of likely N-dealkylation sites (N-methyl/N-ethyl adjacent to an activating group) is 2. The molecule has 0 radical (unpaired) electrons. The van der Waals surface area contributed by atoms with Gasteiger partial charge in [-0.1, -0.05) is 18.7 Å². The Bertz CT molecular complexity index is 955. The maximum Gasteiger partial charge on any atom is 0.146 e. The standard InChI is InChI=1S/C24H32N4O/c1-17-7-8-22-21(15-28-11-9-26(5)10-12-28)14-24(25-23(22)13-17)27(6)20(4)19(3)18(2)16-29/h7-8,13-14,16H,4,9-12,15H2,1-3,5-6H3/b19-18-. The molecule has 1 aliphatic heterocycles. The van der Waals surface area contributed by atoms with Gasteiger partial charge in [-0.05, 0) is 62.2 Å². The fraction of sp³-hybridized carbons (Fsp3) is 0.417. The second-order valence-electron chi connectivity index (χ2n) is 8.17. The van der Waals surface area contributed by atoms with Gasteiger partial charge < -0.3 is 9.80 Å². The Morgan fingerprint density at radius 2 is 1.90 bits per heavy atom. The molecule has 29 heavy (non-hydrogen) atoms. The number of anilines is 1. The van der Waals surface area contributed by atoms with Crippen molar-refractivity contribution >= 4 is 23.0 Å². The minimum Gasteiger partial charge on any atom is -0.330 e. The van der Waals surface area contributed by atoms with Crippen LogP contribution in [0.5, 0.6) is 0 Å². The van der Waals surface area contributed by atoms with E-state index in [0.29, 0.717) is 5.57 Å². The van der Waals surface area contributed by atoms with Crippen molar-refractivity contribution in [2.75, 3.05) is 45.2 Å². The lowest BCUT2D eigenvalue weighted by atomic mass is 10.0. The predicted octanol–water partition coefficient (Wildman–Crippen LogP) is 3.78. The summed E-state index contributed by atoms with van der Waals surface area (Å²) in [5, 5.41) is 1.20. The van der Waals surface area contributed by atoms with Crippen LogP contribution in [0.2, 0.25) is 0 Å². The third-order valence-electron chi connectivity index (χ3n) is 5.98. The van der Waals surface area contributed by atoms with Crippen LogP contribution < -0.4 is 4.90 Å². The number of benzene rings is 1. The van der Waals surface area contributed by atoms with Gasteiger partial charge in [-0.25, -0.2) is 4.98 Å². The first kappa shape index (κ1) is 21.2. The first-order valence-corrected chi connectivity index (χ1v) is 10.2. The van der Waals surface area contributed by atoms with Crippen molar-refractivity contribution in [2.24, 2.45) is 0 Å². The molecule has 1 saturated heterocycles. The SMILES string of the molecule is C=C(/C(C)=C(/C)C=O)N(C)c1cc(CN2CCN(C)CC2)c2ccc(C)cc2n1. The molecule has 0 amide bonds. The van der Waals surface area contributed by atoms with Gasteiger partial charge in [-0.2, -0.15) is 0 Å². The number of carbonyl (C=O) groups is 1. The number of pyridine rings is 1. The summed E-state index contributed by atoms with van der Waals surface area (Å²) in [7, 11) is 4.14. The second-order valence-corrected chi connectivity index (χ2v) is 8.17. The topological polar surface area (TPSA) is 39.7 Å². The minimum atomic E-state index is 0.691. The predicted molar refractivity (Wildman–Crippen MR) is 121 cm³/mol. The van der Waals surface area contributed by atoms with E-state index in [0.717, 1.165) is 61.6 Å². The van der Waals surface area contributed by atoms with Gasteiger partial charge in [0.05, 0.1) is 5.52 Å². The summed E-state index contributed by atoms with van der Waals surface area (Å²) in [4.78, 5) is 23.0. The Kier molecular flexibility index (Phi) is 6.50. The van der Waals surface area contributed by atoms with Crippen molar-refractivity contribution in [3.8, 4) is 0 Å². The lowest BCUT2D eigenvalue weighted by Crippen LogP contribution is -2.43.